The predicted octanol–water partition coefficient (Wildman–Crippen LogP) is 3.73. The van der Waals surface area contributed by atoms with Crippen LogP contribution in [0, 0.1) is 5.92 Å². The average molecular weight is 298 g/mol. The summed E-state index contributed by atoms with van der Waals surface area (Å²) in [6.45, 7) is 2.03. The molecule has 22 heavy (non-hydrogen) atoms. The summed E-state index contributed by atoms with van der Waals surface area (Å²) >= 11 is 0. The van der Waals surface area contributed by atoms with Gasteiger partial charge >= 0.3 is 5.97 Å². The van der Waals surface area contributed by atoms with Gasteiger partial charge in [-0.25, -0.2) is 0 Å². The van der Waals surface area contributed by atoms with E-state index >= 15 is 0 Å². The Morgan fingerprint density at radius 1 is 1.00 bits per heavy atom. The van der Waals surface area contributed by atoms with Gasteiger partial charge in [0.25, 0.3) is 0 Å². The van der Waals surface area contributed by atoms with E-state index in [-0.39, 0.29) is 18.5 Å². The van der Waals surface area contributed by atoms with E-state index in [0.29, 0.717) is 12.8 Å². The summed E-state index contributed by atoms with van der Waals surface area (Å²) in [4.78, 5) is 12.2. The first-order chi connectivity index (χ1) is 10.7. The number of hydrogen-bond donors (Lipinski definition) is 1. The third-order valence-electron chi connectivity index (χ3n) is 3.59. The highest BCUT2D eigenvalue weighted by Gasteiger charge is 2.20. The van der Waals surface area contributed by atoms with Crippen LogP contribution in [0.3, 0.4) is 0 Å². The second-order valence-electron chi connectivity index (χ2n) is 5.51. The Morgan fingerprint density at radius 2 is 1.50 bits per heavy atom. The summed E-state index contributed by atoms with van der Waals surface area (Å²) in [6, 6.07) is 19.5. The van der Waals surface area contributed by atoms with Crippen LogP contribution in [-0.4, -0.2) is 17.7 Å². The van der Waals surface area contributed by atoms with Gasteiger partial charge in [0.2, 0.25) is 0 Å². The Balaban J connectivity index is 2.14. The Hall–Kier alpha value is -2.13. The van der Waals surface area contributed by atoms with Gasteiger partial charge in [0.15, 0.2) is 6.10 Å². The molecule has 3 heteroatoms. The van der Waals surface area contributed by atoms with Crippen molar-refractivity contribution in [3.05, 3.63) is 71.8 Å². The molecule has 2 rings (SSSR count). The molecule has 0 amide bonds. The number of aliphatic hydroxyl groups excluding tert-OH is 1. The second kappa shape index (κ2) is 8.35. The molecule has 0 radical (unpaired) electrons. The average Bonchev–Trinajstić information content (AvgIpc) is 2.54. The molecule has 0 saturated carbocycles. The van der Waals surface area contributed by atoms with Crippen LogP contribution in [-0.2, 0) is 9.53 Å². The van der Waals surface area contributed by atoms with E-state index in [1.807, 2.05) is 67.6 Å². The third kappa shape index (κ3) is 4.71. The van der Waals surface area contributed by atoms with E-state index in [1.165, 1.54) is 0 Å². The van der Waals surface area contributed by atoms with Gasteiger partial charge in [0.05, 0.1) is 0 Å². The molecular weight excluding hydrogens is 276 g/mol. The lowest BCUT2D eigenvalue weighted by atomic mass is 10.0. The normalized spacial score (nSPS) is 12.1. The van der Waals surface area contributed by atoms with E-state index in [9.17, 15) is 4.79 Å². The molecule has 0 aliphatic carbocycles. The molecule has 116 valence electrons. The SMILES string of the molecule is C[C@@H](CCO)CC(=O)OC(c1ccccc1)c1ccccc1. The molecule has 0 fully saturated rings. The predicted molar refractivity (Wildman–Crippen MR) is 86.3 cm³/mol. The molecule has 0 unspecified atom stereocenters. The van der Waals surface area contributed by atoms with Gasteiger partial charge in [-0.2, -0.15) is 0 Å². The highest BCUT2D eigenvalue weighted by Crippen LogP contribution is 2.26. The van der Waals surface area contributed by atoms with Crippen molar-refractivity contribution in [1.82, 2.24) is 0 Å². The fraction of sp³-hybridized carbons (Fsp3) is 0.316. The largest absolute Gasteiger partial charge is 0.453 e. The van der Waals surface area contributed by atoms with Crippen LogP contribution in [0.25, 0.3) is 0 Å². The minimum Gasteiger partial charge on any atom is -0.453 e. The summed E-state index contributed by atoms with van der Waals surface area (Å²) in [5, 5.41) is 8.94. The number of esters is 1. The summed E-state index contributed by atoms with van der Waals surface area (Å²) in [7, 11) is 0. The number of ether oxygens (including phenoxy) is 1. The van der Waals surface area contributed by atoms with Crippen LogP contribution in [0.2, 0.25) is 0 Å². The Morgan fingerprint density at radius 3 is 1.95 bits per heavy atom. The first-order valence-corrected chi connectivity index (χ1v) is 7.61. The monoisotopic (exact) mass is 298 g/mol. The van der Waals surface area contributed by atoms with Gasteiger partial charge in [0.1, 0.15) is 0 Å². The number of rotatable bonds is 7. The minimum atomic E-state index is -0.392. The first kappa shape index (κ1) is 16.2. The number of aliphatic hydroxyl groups is 1. The van der Waals surface area contributed by atoms with Gasteiger partial charge in [-0.15, -0.1) is 0 Å². The third-order valence-corrected chi connectivity index (χ3v) is 3.59. The zero-order valence-corrected chi connectivity index (χ0v) is 12.8. The minimum absolute atomic E-state index is 0.0925. The Bertz CT molecular complexity index is 526. The number of carbonyl (C=O) groups excluding carboxylic acids is 1. The van der Waals surface area contributed by atoms with E-state index in [4.69, 9.17) is 9.84 Å². The molecule has 0 heterocycles. The zero-order valence-electron chi connectivity index (χ0n) is 12.8. The van der Waals surface area contributed by atoms with Crippen molar-refractivity contribution in [3.63, 3.8) is 0 Å². The highest BCUT2D eigenvalue weighted by molar-refractivity contribution is 5.70. The van der Waals surface area contributed by atoms with Crippen LogP contribution in [0.1, 0.15) is 37.0 Å². The summed E-state index contributed by atoms with van der Waals surface area (Å²) in [5.74, 6) is -0.122. The molecule has 2 aromatic rings. The van der Waals surface area contributed by atoms with Gasteiger partial charge in [-0.1, -0.05) is 67.6 Å². The first-order valence-electron chi connectivity index (χ1n) is 7.61. The molecule has 0 aliphatic heterocycles. The van der Waals surface area contributed by atoms with Crippen LogP contribution in [0.5, 0.6) is 0 Å². The van der Waals surface area contributed by atoms with Crippen LogP contribution >= 0.6 is 0 Å². The molecule has 0 aromatic heterocycles. The highest BCUT2D eigenvalue weighted by atomic mass is 16.5. The van der Waals surface area contributed by atoms with E-state index in [1.54, 1.807) is 0 Å². The van der Waals surface area contributed by atoms with Gasteiger partial charge in [-0.05, 0) is 23.5 Å². The van der Waals surface area contributed by atoms with E-state index in [2.05, 4.69) is 0 Å². The number of benzene rings is 2. The lowest BCUT2D eigenvalue weighted by Crippen LogP contribution is -2.15. The summed E-state index contributed by atoms with van der Waals surface area (Å²) in [5.41, 5.74) is 1.91. The topological polar surface area (TPSA) is 46.5 Å². The maximum atomic E-state index is 12.2. The Labute approximate surface area is 131 Å². The van der Waals surface area contributed by atoms with Crippen molar-refractivity contribution >= 4 is 5.97 Å². The molecule has 0 bridgehead atoms. The molecule has 0 saturated heterocycles. The molecule has 1 atom stereocenters. The van der Waals surface area contributed by atoms with Crippen molar-refractivity contribution in [1.29, 1.82) is 0 Å². The Kier molecular flexibility index (Phi) is 6.16. The van der Waals surface area contributed by atoms with Gasteiger partial charge in [-0.3, -0.25) is 4.79 Å². The lowest BCUT2D eigenvalue weighted by Gasteiger charge is -2.20. The fourth-order valence-corrected chi connectivity index (χ4v) is 2.37. The molecular formula is C19H22O3. The van der Waals surface area contributed by atoms with E-state index < -0.39 is 6.10 Å². The maximum absolute atomic E-state index is 12.2. The summed E-state index contributed by atoms with van der Waals surface area (Å²) in [6.07, 6.45) is 0.531. The smallest absolute Gasteiger partial charge is 0.307 e. The molecule has 1 N–H and O–H groups in total. The molecule has 2 aromatic carbocycles. The number of carbonyl (C=O) groups is 1. The zero-order chi connectivity index (χ0) is 15.8. The van der Waals surface area contributed by atoms with Crippen molar-refractivity contribution in [2.24, 2.45) is 5.92 Å². The quantitative estimate of drug-likeness (QED) is 0.792. The van der Waals surface area contributed by atoms with E-state index in [0.717, 1.165) is 11.1 Å². The molecule has 0 spiro atoms. The van der Waals surface area contributed by atoms with Crippen molar-refractivity contribution in [3.8, 4) is 0 Å². The fourth-order valence-electron chi connectivity index (χ4n) is 2.37. The standard InChI is InChI=1S/C19H22O3/c1-15(12-13-20)14-18(21)22-19(16-8-4-2-5-9-16)17-10-6-3-7-11-17/h2-11,15,19-20H,12-14H2,1H3/t15-/m0/s1. The molecule has 0 aliphatic rings. The molecule has 3 nitrogen and oxygen atoms in total. The van der Waals surface area contributed by atoms with Crippen molar-refractivity contribution in [2.45, 2.75) is 25.9 Å². The number of hydrogen-bond acceptors (Lipinski definition) is 3. The van der Waals surface area contributed by atoms with Gasteiger partial charge < -0.3 is 9.84 Å². The van der Waals surface area contributed by atoms with Crippen LogP contribution in [0.15, 0.2) is 60.7 Å². The van der Waals surface area contributed by atoms with Crippen molar-refractivity contribution < 1.29 is 14.6 Å². The second-order valence-corrected chi connectivity index (χ2v) is 5.51. The summed E-state index contributed by atoms with van der Waals surface area (Å²) < 4.78 is 5.72. The van der Waals surface area contributed by atoms with Crippen LogP contribution in [0.4, 0.5) is 0 Å². The van der Waals surface area contributed by atoms with Crippen molar-refractivity contribution in [2.75, 3.05) is 6.61 Å². The van der Waals surface area contributed by atoms with Crippen LogP contribution < -0.4 is 0 Å². The maximum Gasteiger partial charge on any atom is 0.307 e. The lowest BCUT2D eigenvalue weighted by molar-refractivity contribution is -0.148. The van der Waals surface area contributed by atoms with Gasteiger partial charge in [0, 0.05) is 13.0 Å².